The number of nitrogens with zero attached hydrogens (tertiary/aromatic N) is 4. The van der Waals surface area contributed by atoms with Crippen LogP contribution in [0.5, 0.6) is 5.75 Å². The number of fused-ring (bicyclic) bond motifs is 1. The zero-order valence-electron chi connectivity index (χ0n) is 18.0. The molecule has 0 aliphatic carbocycles. The van der Waals surface area contributed by atoms with Crippen molar-refractivity contribution in [2.24, 2.45) is 0 Å². The van der Waals surface area contributed by atoms with Crippen molar-refractivity contribution in [1.29, 1.82) is 0 Å². The number of para-hydroxylation sites is 3. The first-order valence-corrected chi connectivity index (χ1v) is 10.9. The van der Waals surface area contributed by atoms with Gasteiger partial charge in [-0.25, -0.2) is 9.37 Å². The molecular weight excluding hydrogens is 419 g/mol. The van der Waals surface area contributed by atoms with Gasteiger partial charge in [-0.3, -0.25) is 9.78 Å². The Bertz CT molecular complexity index is 1270. The average molecular weight is 442 g/mol. The van der Waals surface area contributed by atoms with Gasteiger partial charge in [-0.15, -0.1) is 0 Å². The van der Waals surface area contributed by atoms with Crippen LogP contribution in [-0.4, -0.2) is 53.6 Å². The number of benzene rings is 3. The standard InChI is InChI=1S/C26H23FN4O2/c27-21-5-1-4-8-25(21)30-13-15-31(16-14-30)26(32)18-33-20-11-9-19(10-12-20)24-17-28-22-6-2-3-7-23(22)29-24/h1-12,17H,13-16,18H2. The summed E-state index contributed by atoms with van der Waals surface area (Å²) in [6.45, 7) is 2.23. The number of aromatic nitrogens is 2. The van der Waals surface area contributed by atoms with Gasteiger partial charge in [0.15, 0.2) is 6.61 Å². The van der Waals surface area contributed by atoms with Gasteiger partial charge in [-0.1, -0.05) is 24.3 Å². The van der Waals surface area contributed by atoms with Gasteiger partial charge in [-0.2, -0.15) is 0 Å². The van der Waals surface area contributed by atoms with E-state index in [1.807, 2.05) is 59.5 Å². The number of hydrogen-bond acceptors (Lipinski definition) is 5. The number of halogens is 1. The first kappa shape index (κ1) is 20.9. The number of ether oxygens (including phenoxy) is 1. The fraction of sp³-hybridized carbons (Fsp3) is 0.192. The van der Waals surface area contributed by atoms with E-state index in [0.29, 0.717) is 37.6 Å². The van der Waals surface area contributed by atoms with Crippen molar-refractivity contribution >= 4 is 22.6 Å². The first-order chi connectivity index (χ1) is 16.2. The number of anilines is 1. The van der Waals surface area contributed by atoms with Gasteiger partial charge in [0.25, 0.3) is 5.91 Å². The molecule has 0 atom stereocenters. The van der Waals surface area contributed by atoms with E-state index < -0.39 is 0 Å². The van der Waals surface area contributed by atoms with Crippen LogP contribution in [0, 0.1) is 5.82 Å². The van der Waals surface area contributed by atoms with Crippen LogP contribution < -0.4 is 9.64 Å². The van der Waals surface area contributed by atoms with E-state index in [9.17, 15) is 9.18 Å². The van der Waals surface area contributed by atoms with Gasteiger partial charge in [0.2, 0.25) is 0 Å². The molecule has 0 N–H and O–H groups in total. The lowest BCUT2D eigenvalue weighted by atomic mass is 10.1. The smallest absolute Gasteiger partial charge is 0.260 e. The van der Waals surface area contributed by atoms with Crippen molar-refractivity contribution in [3.8, 4) is 17.0 Å². The highest BCUT2D eigenvalue weighted by Crippen LogP contribution is 2.23. The summed E-state index contributed by atoms with van der Waals surface area (Å²) in [6.07, 6.45) is 1.75. The third kappa shape index (κ3) is 4.62. The largest absolute Gasteiger partial charge is 0.484 e. The lowest BCUT2D eigenvalue weighted by Crippen LogP contribution is -2.50. The van der Waals surface area contributed by atoms with E-state index in [0.717, 1.165) is 22.3 Å². The molecule has 0 saturated carbocycles. The Balaban J connectivity index is 1.15. The Morgan fingerprint density at radius 1 is 0.879 bits per heavy atom. The summed E-state index contributed by atoms with van der Waals surface area (Å²) in [5.74, 6) is 0.303. The third-order valence-corrected chi connectivity index (χ3v) is 5.79. The predicted molar refractivity (Wildman–Crippen MR) is 126 cm³/mol. The number of rotatable bonds is 5. The van der Waals surface area contributed by atoms with E-state index in [1.165, 1.54) is 6.07 Å². The molecule has 1 aliphatic rings. The molecule has 2 heterocycles. The van der Waals surface area contributed by atoms with E-state index in [2.05, 4.69) is 9.97 Å². The minimum Gasteiger partial charge on any atom is -0.484 e. The average Bonchev–Trinajstić information content (AvgIpc) is 2.88. The van der Waals surface area contributed by atoms with E-state index in [1.54, 1.807) is 23.2 Å². The quantitative estimate of drug-likeness (QED) is 0.465. The lowest BCUT2D eigenvalue weighted by molar-refractivity contribution is -0.133. The summed E-state index contributed by atoms with van der Waals surface area (Å²) in [5.41, 5.74) is 3.99. The summed E-state index contributed by atoms with van der Waals surface area (Å²) >= 11 is 0. The summed E-state index contributed by atoms with van der Waals surface area (Å²) in [5, 5.41) is 0. The van der Waals surface area contributed by atoms with E-state index in [-0.39, 0.29) is 18.3 Å². The minimum absolute atomic E-state index is 0.0329. The zero-order valence-corrected chi connectivity index (χ0v) is 18.0. The third-order valence-electron chi connectivity index (χ3n) is 5.79. The maximum absolute atomic E-state index is 14.0. The van der Waals surface area contributed by atoms with E-state index >= 15 is 0 Å². The highest BCUT2D eigenvalue weighted by molar-refractivity contribution is 5.78. The normalized spacial score (nSPS) is 13.8. The molecule has 1 fully saturated rings. The molecule has 1 amide bonds. The molecule has 0 unspecified atom stereocenters. The molecule has 1 aliphatic heterocycles. The Labute approximate surface area is 191 Å². The molecule has 1 saturated heterocycles. The predicted octanol–water partition coefficient (Wildman–Crippen LogP) is 4.16. The van der Waals surface area contributed by atoms with Crippen LogP contribution in [-0.2, 0) is 4.79 Å². The molecule has 0 radical (unpaired) electrons. The SMILES string of the molecule is O=C(COc1ccc(-c2cnc3ccccc3n2)cc1)N1CCN(c2ccccc2F)CC1. The molecule has 4 aromatic rings. The Kier molecular flexibility index (Phi) is 5.85. The van der Waals surface area contributed by atoms with Gasteiger partial charge in [0.1, 0.15) is 11.6 Å². The summed E-state index contributed by atoms with van der Waals surface area (Å²) in [6, 6.07) is 21.9. The van der Waals surface area contributed by atoms with Gasteiger partial charge in [0, 0.05) is 31.7 Å². The van der Waals surface area contributed by atoms with Crippen LogP contribution in [0.4, 0.5) is 10.1 Å². The number of piperazine rings is 1. The summed E-state index contributed by atoms with van der Waals surface area (Å²) in [7, 11) is 0. The lowest BCUT2D eigenvalue weighted by Gasteiger charge is -2.36. The molecule has 0 bridgehead atoms. The van der Waals surface area contributed by atoms with Crippen molar-refractivity contribution in [2.75, 3.05) is 37.7 Å². The monoisotopic (exact) mass is 442 g/mol. The molecule has 0 spiro atoms. The molecule has 6 nitrogen and oxygen atoms in total. The second-order valence-electron chi connectivity index (χ2n) is 7.88. The van der Waals surface area contributed by atoms with Gasteiger partial charge in [0.05, 0.1) is 28.6 Å². The van der Waals surface area contributed by atoms with Gasteiger partial charge >= 0.3 is 0 Å². The minimum atomic E-state index is -0.237. The van der Waals surface area contributed by atoms with Crippen LogP contribution in [0.3, 0.4) is 0 Å². The maximum atomic E-state index is 14.0. The van der Waals surface area contributed by atoms with Crippen LogP contribution >= 0.6 is 0 Å². The number of hydrogen-bond donors (Lipinski definition) is 0. The maximum Gasteiger partial charge on any atom is 0.260 e. The molecule has 166 valence electrons. The van der Waals surface area contributed by atoms with Crippen LogP contribution in [0.15, 0.2) is 79.0 Å². The molecule has 3 aromatic carbocycles. The van der Waals surface area contributed by atoms with Crippen molar-refractivity contribution in [3.63, 3.8) is 0 Å². The van der Waals surface area contributed by atoms with Crippen molar-refractivity contribution in [2.45, 2.75) is 0 Å². The van der Waals surface area contributed by atoms with Crippen LogP contribution in [0.25, 0.3) is 22.3 Å². The van der Waals surface area contributed by atoms with Crippen molar-refractivity contribution < 1.29 is 13.9 Å². The molecule has 33 heavy (non-hydrogen) atoms. The zero-order chi connectivity index (χ0) is 22.6. The van der Waals surface area contributed by atoms with Crippen LogP contribution in [0.1, 0.15) is 0 Å². The summed E-state index contributed by atoms with van der Waals surface area (Å²) in [4.78, 5) is 25.4. The molecule has 1 aromatic heterocycles. The highest BCUT2D eigenvalue weighted by atomic mass is 19.1. The molecular formula is C26H23FN4O2. The fourth-order valence-corrected chi connectivity index (χ4v) is 3.96. The Morgan fingerprint density at radius 2 is 1.58 bits per heavy atom. The molecule has 7 heteroatoms. The second kappa shape index (κ2) is 9.24. The number of amides is 1. The van der Waals surface area contributed by atoms with Gasteiger partial charge in [-0.05, 0) is 48.5 Å². The number of carbonyl (C=O) groups excluding carboxylic acids is 1. The molecule has 5 rings (SSSR count). The fourth-order valence-electron chi connectivity index (χ4n) is 3.96. The van der Waals surface area contributed by atoms with E-state index in [4.69, 9.17) is 4.74 Å². The first-order valence-electron chi connectivity index (χ1n) is 10.9. The number of carbonyl (C=O) groups is 1. The highest BCUT2D eigenvalue weighted by Gasteiger charge is 2.23. The Morgan fingerprint density at radius 3 is 2.33 bits per heavy atom. The summed E-state index contributed by atoms with van der Waals surface area (Å²) < 4.78 is 19.7. The Hall–Kier alpha value is -4.00. The topological polar surface area (TPSA) is 58.6 Å². The van der Waals surface area contributed by atoms with Crippen molar-refractivity contribution in [3.05, 3.63) is 84.8 Å². The second-order valence-corrected chi connectivity index (χ2v) is 7.88. The van der Waals surface area contributed by atoms with Crippen molar-refractivity contribution in [1.82, 2.24) is 14.9 Å². The van der Waals surface area contributed by atoms with Crippen LogP contribution in [0.2, 0.25) is 0 Å². The van der Waals surface area contributed by atoms with Gasteiger partial charge < -0.3 is 14.5 Å².